The van der Waals surface area contributed by atoms with Crippen LogP contribution in [0.15, 0.2) is 46.9 Å². The number of amides is 2. The van der Waals surface area contributed by atoms with Gasteiger partial charge in [0.15, 0.2) is 0 Å². The molecule has 0 aliphatic carbocycles. The average molecular weight is 404 g/mol. The summed E-state index contributed by atoms with van der Waals surface area (Å²) < 4.78 is 0.971. The number of hydrogen-bond acceptors (Lipinski definition) is 3. The second kappa shape index (κ2) is 8.67. The molecule has 0 aromatic heterocycles. The standard InChI is InChI=1S/C19H22BrN3O2/c1-12-5-4-6-13(2)18(12)23-17(24)11-21-19(25)14(3)22-16-9-7-15(20)8-10-16/h4-10,14,22H,11H2,1-3H3,(H,21,25)(H,23,24)/t14-/m0/s1. The molecule has 0 unspecified atom stereocenters. The Morgan fingerprint density at radius 1 is 1.04 bits per heavy atom. The summed E-state index contributed by atoms with van der Waals surface area (Å²) in [4.78, 5) is 24.2. The number of rotatable bonds is 6. The lowest BCUT2D eigenvalue weighted by molar-refractivity contribution is -0.124. The maximum Gasteiger partial charge on any atom is 0.243 e. The molecule has 0 spiro atoms. The van der Waals surface area contributed by atoms with Gasteiger partial charge in [-0.05, 0) is 56.2 Å². The van der Waals surface area contributed by atoms with Gasteiger partial charge in [0, 0.05) is 15.8 Å². The Morgan fingerprint density at radius 3 is 2.24 bits per heavy atom. The van der Waals surface area contributed by atoms with Gasteiger partial charge in [0.25, 0.3) is 0 Å². The molecule has 3 N–H and O–H groups in total. The van der Waals surface area contributed by atoms with Crippen molar-refractivity contribution in [2.75, 3.05) is 17.2 Å². The van der Waals surface area contributed by atoms with Crippen molar-refractivity contribution in [3.8, 4) is 0 Å². The lowest BCUT2D eigenvalue weighted by Crippen LogP contribution is -2.41. The first-order chi connectivity index (χ1) is 11.9. The van der Waals surface area contributed by atoms with E-state index in [-0.39, 0.29) is 18.4 Å². The lowest BCUT2D eigenvalue weighted by atomic mass is 10.1. The van der Waals surface area contributed by atoms with Crippen LogP contribution in [0.1, 0.15) is 18.1 Å². The van der Waals surface area contributed by atoms with Crippen molar-refractivity contribution >= 4 is 39.1 Å². The van der Waals surface area contributed by atoms with Crippen LogP contribution < -0.4 is 16.0 Å². The van der Waals surface area contributed by atoms with E-state index in [2.05, 4.69) is 31.9 Å². The van der Waals surface area contributed by atoms with Crippen molar-refractivity contribution in [2.24, 2.45) is 0 Å². The molecule has 2 amide bonds. The molecular formula is C19H22BrN3O2. The SMILES string of the molecule is Cc1cccc(C)c1NC(=O)CNC(=O)[C@H](C)Nc1ccc(Br)cc1. The maximum atomic E-state index is 12.1. The van der Waals surface area contributed by atoms with Gasteiger partial charge in [0.05, 0.1) is 6.54 Å². The summed E-state index contributed by atoms with van der Waals surface area (Å²) in [5.41, 5.74) is 3.61. The minimum absolute atomic E-state index is 0.0705. The summed E-state index contributed by atoms with van der Waals surface area (Å²) in [6.45, 7) is 5.55. The van der Waals surface area contributed by atoms with Crippen molar-refractivity contribution < 1.29 is 9.59 Å². The Balaban J connectivity index is 1.84. The number of nitrogens with one attached hydrogen (secondary N) is 3. The first kappa shape index (κ1) is 19.0. The Kier molecular flexibility index (Phi) is 6.58. The summed E-state index contributed by atoms with van der Waals surface area (Å²) >= 11 is 3.37. The van der Waals surface area contributed by atoms with Gasteiger partial charge in [-0.25, -0.2) is 0 Å². The minimum Gasteiger partial charge on any atom is -0.374 e. The van der Waals surface area contributed by atoms with Gasteiger partial charge in [-0.1, -0.05) is 34.1 Å². The van der Waals surface area contributed by atoms with Crippen LogP contribution in [0.25, 0.3) is 0 Å². The maximum absolute atomic E-state index is 12.1. The molecule has 2 aromatic rings. The first-order valence-electron chi connectivity index (χ1n) is 8.02. The van der Waals surface area contributed by atoms with Crippen LogP contribution in [0.5, 0.6) is 0 Å². The van der Waals surface area contributed by atoms with E-state index in [0.29, 0.717) is 0 Å². The molecule has 0 radical (unpaired) electrons. The fourth-order valence-electron chi connectivity index (χ4n) is 2.38. The molecule has 25 heavy (non-hydrogen) atoms. The van der Waals surface area contributed by atoms with Crippen molar-refractivity contribution in [2.45, 2.75) is 26.8 Å². The van der Waals surface area contributed by atoms with E-state index in [1.807, 2.05) is 56.3 Å². The lowest BCUT2D eigenvalue weighted by Gasteiger charge is -2.16. The zero-order chi connectivity index (χ0) is 18.4. The van der Waals surface area contributed by atoms with Crippen LogP contribution in [0, 0.1) is 13.8 Å². The van der Waals surface area contributed by atoms with Gasteiger partial charge >= 0.3 is 0 Å². The van der Waals surface area contributed by atoms with E-state index in [1.165, 1.54) is 0 Å². The zero-order valence-electron chi connectivity index (χ0n) is 14.5. The van der Waals surface area contributed by atoms with Gasteiger partial charge < -0.3 is 16.0 Å². The predicted molar refractivity (Wildman–Crippen MR) is 105 cm³/mol. The summed E-state index contributed by atoms with van der Waals surface area (Å²) in [7, 11) is 0. The number of para-hydroxylation sites is 1. The first-order valence-corrected chi connectivity index (χ1v) is 8.82. The molecule has 2 rings (SSSR count). The van der Waals surface area contributed by atoms with Crippen molar-refractivity contribution in [1.29, 1.82) is 0 Å². The number of anilines is 2. The third-order valence-corrected chi connectivity index (χ3v) is 4.32. The highest BCUT2D eigenvalue weighted by Crippen LogP contribution is 2.19. The molecule has 6 heteroatoms. The Morgan fingerprint density at radius 2 is 1.64 bits per heavy atom. The van der Waals surface area contributed by atoms with Gasteiger partial charge in [-0.15, -0.1) is 0 Å². The highest BCUT2D eigenvalue weighted by molar-refractivity contribution is 9.10. The topological polar surface area (TPSA) is 70.2 Å². The zero-order valence-corrected chi connectivity index (χ0v) is 16.1. The molecular weight excluding hydrogens is 382 g/mol. The van der Waals surface area contributed by atoms with Crippen molar-refractivity contribution in [1.82, 2.24) is 5.32 Å². The number of aryl methyl sites for hydroxylation is 2. The quantitative estimate of drug-likeness (QED) is 0.689. The number of carbonyl (C=O) groups is 2. The van der Waals surface area contributed by atoms with Crippen LogP contribution in [-0.2, 0) is 9.59 Å². The summed E-state index contributed by atoms with van der Waals surface area (Å²) in [5.74, 6) is -0.485. The highest BCUT2D eigenvalue weighted by Gasteiger charge is 2.14. The monoisotopic (exact) mass is 403 g/mol. The van der Waals surface area contributed by atoms with E-state index in [0.717, 1.165) is 27.0 Å². The van der Waals surface area contributed by atoms with E-state index in [4.69, 9.17) is 0 Å². The fraction of sp³-hybridized carbons (Fsp3) is 0.263. The van der Waals surface area contributed by atoms with Crippen LogP contribution in [-0.4, -0.2) is 24.4 Å². The van der Waals surface area contributed by atoms with E-state index >= 15 is 0 Å². The summed E-state index contributed by atoms with van der Waals surface area (Å²) in [6.07, 6.45) is 0. The normalized spacial score (nSPS) is 11.5. The molecule has 0 saturated heterocycles. The molecule has 0 aliphatic rings. The molecule has 0 heterocycles. The van der Waals surface area contributed by atoms with Crippen LogP contribution >= 0.6 is 15.9 Å². The molecule has 0 bridgehead atoms. The Labute approximate surface area is 156 Å². The minimum atomic E-state index is -0.450. The van der Waals surface area contributed by atoms with Gasteiger partial charge in [-0.3, -0.25) is 9.59 Å². The molecule has 0 fully saturated rings. The van der Waals surface area contributed by atoms with E-state index < -0.39 is 6.04 Å². The predicted octanol–water partition coefficient (Wildman–Crippen LogP) is 3.62. The highest BCUT2D eigenvalue weighted by atomic mass is 79.9. The Hall–Kier alpha value is -2.34. The van der Waals surface area contributed by atoms with Gasteiger partial charge in [0.1, 0.15) is 6.04 Å². The number of hydrogen-bond donors (Lipinski definition) is 3. The van der Waals surface area contributed by atoms with Crippen molar-refractivity contribution in [3.05, 3.63) is 58.1 Å². The Bertz CT molecular complexity index is 740. The third kappa shape index (κ3) is 5.60. The molecule has 0 saturated carbocycles. The van der Waals surface area contributed by atoms with E-state index in [9.17, 15) is 9.59 Å². The largest absolute Gasteiger partial charge is 0.374 e. The molecule has 0 aliphatic heterocycles. The van der Waals surface area contributed by atoms with Gasteiger partial charge in [-0.2, -0.15) is 0 Å². The molecule has 2 aromatic carbocycles. The number of carbonyl (C=O) groups excluding carboxylic acids is 2. The molecule has 5 nitrogen and oxygen atoms in total. The third-order valence-electron chi connectivity index (χ3n) is 3.79. The van der Waals surface area contributed by atoms with E-state index in [1.54, 1.807) is 6.92 Å². The fourth-order valence-corrected chi connectivity index (χ4v) is 2.64. The van der Waals surface area contributed by atoms with Crippen LogP contribution in [0.4, 0.5) is 11.4 Å². The van der Waals surface area contributed by atoms with Crippen molar-refractivity contribution in [3.63, 3.8) is 0 Å². The van der Waals surface area contributed by atoms with Crippen LogP contribution in [0.3, 0.4) is 0 Å². The smallest absolute Gasteiger partial charge is 0.243 e. The summed E-state index contributed by atoms with van der Waals surface area (Å²) in [5, 5.41) is 8.60. The van der Waals surface area contributed by atoms with Crippen LogP contribution in [0.2, 0.25) is 0 Å². The second-order valence-electron chi connectivity index (χ2n) is 5.91. The number of benzene rings is 2. The second-order valence-corrected chi connectivity index (χ2v) is 6.82. The number of halogens is 1. The molecule has 1 atom stereocenters. The summed E-state index contributed by atoms with van der Waals surface area (Å²) in [6, 6.07) is 12.9. The average Bonchev–Trinajstić information content (AvgIpc) is 2.58. The van der Waals surface area contributed by atoms with Gasteiger partial charge in [0.2, 0.25) is 11.8 Å². The molecule has 132 valence electrons.